The van der Waals surface area contributed by atoms with Gasteiger partial charge < -0.3 is 10.2 Å². The van der Waals surface area contributed by atoms with Gasteiger partial charge in [-0.1, -0.05) is 0 Å². The summed E-state index contributed by atoms with van der Waals surface area (Å²) in [6.45, 7) is 0.930. The Morgan fingerprint density at radius 3 is 2.53 bits per heavy atom. The second kappa shape index (κ2) is 8.20. The Kier molecular flexibility index (Phi) is 5.23. The van der Waals surface area contributed by atoms with E-state index in [0.29, 0.717) is 36.2 Å². The van der Waals surface area contributed by atoms with Crippen LogP contribution in [0.1, 0.15) is 29.9 Å². The minimum Gasteiger partial charge on any atom is -0.355 e. The maximum Gasteiger partial charge on any atom is 0.153 e. The van der Waals surface area contributed by atoms with Gasteiger partial charge in [0.2, 0.25) is 0 Å². The molecule has 4 heterocycles. The topological polar surface area (TPSA) is 112 Å². The van der Waals surface area contributed by atoms with Crippen LogP contribution in [0.4, 0.5) is 17.5 Å². The lowest BCUT2D eigenvalue weighted by atomic mass is 10.1. The van der Waals surface area contributed by atoms with Crippen molar-refractivity contribution in [3.05, 3.63) is 59.9 Å². The van der Waals surface area contributed by atoms with Gasteiger partial charge in [0.25, 0.3) is 0 Å². The summed E-state index contributed by atoms with van der Waals surface area (Å²) in [4.78, 5) is 15.6. The Hall–Kier alpha value is -3.51. The first-order valence-corrected chi connectivity index (χ1v) is 12.4. The van der Waals surface area contributed by atoms with Crippen molar-refractivity contribution in [1.82, 2.24) is 15.0 Å². The number of hydrogen-bond donors (Lipinski definition) is 1. The highest BCUT2D eigenvalue weighted by atomic mass is 32.2. The molecule has 3 aromatic rings. The molecule has 0 amide bonds. The summed E-state index contributed by atoms with van der Waals surface area (Å²) in [7, 11) is -2.93. The highest BCUT2D eigenvalue weighted by Gasteiger charge is 2.25. The van der Waals surface area contributed by atoms with Crippen molar-refractivity contribution in [1.29, 1.82) is 5.26 Å². The van der Waals surface area contributed by atoms with Gasteiger partial charge in [0.1, 0.15) is 17.5 Å². The molecule has 2 fully saturated rings. The van der Waals surface area contributed by atoms with Crippen LogP contribution in [0.3, 0.4) is 0 Å². The minimum absolute atomic E-state index is 0.164. The summed E-state index contributed by atoms with van der Waals surface area (Å²) >= 11 is 0. The van der Waals surface area contributed by atoms with E-state index in [4.69, 9.17) is 10.2 Å². The van der Waals surface area contributed by atoms with Crippen molar-refractivity contribution in [2.75, 3.05) is 34.8 Å². The number of sulfone groups is 1. The average molecular weight is 447 g/mol. The van der Waals surface area contributed by atoms with Gasteiger partial charge >= 0.3 is 0 Å². The van der Waals surface area contributed by atoms with Gasteiger partial charge in [-0.15, -0.1) is 0 Å². The highest BCUT2D eigenvalue weighted by molar-refractivity contribution is 7.91. The molecule has 32 heavy (non-hydrogen) atoms. The Bertz CT molecular complexity index is 1280. The van der Waals surface area contributed by atoms with Crippen LogP contribution in [-0.2, 0) is 9.84 Å². The largest absolute Gasteiger partial charge is 0.355 e. The zero-order valence-corrected chi connectivity index (χ0v) is 18.2. The lowest BCUT2D eigenvalue weighted by molar-refractivity contribution is 0.586. The molecule has 1 N–H and O–H groups in total. The van der Waals surface area contributed by atoms with E-state index in [1.807, 2.05) is 23.1 Å². The number of rotatable bonds is 5. The first-order chi connectivity index (χ1) is 15.5. The molecule has 8 nitrogen and oxygen atoms in total. The summed E-state index contributed by atoms with van der Waals surface area (Å²) in [5, 5.41) is 12.4. The van der Waals surface area contributed by atoms with Crippen molar-refractivity contribution < 1.29 is 8.42 Å². The third-order valence-corrected chi connectivity index (χ3v) is 7.36. The Labute approximate surface area is 186 Å². The molecule has 0 bridgehead atoms. The molecule has 0 spiro atoms. The van der Waals surface area contributed by atoms with Gasteiger partial charge in [0, 0.05) is 31.0 Å². The smallest absolute Gasteiger partial charge is 0.153 e. The quantitative estimate of drug-likeness (QED) is 0.636. The fourth-order valence-electron chi connectivity index (χ4n) is 3.78. The molecule has 2 aliphatic rings. The van der Waals surface area contributed by atoms with Gasteiger partial charge in [0.05, 0.1) is 28.8 Å². The van der Waals surface area contributed by atoms with Crippen molar-refractivity contribution in [3.63, 3.8) is 0 Å². The third kappa shape index (κ3) is 4.55. The SMILES string of the molecule is N#Cc1ccnc(Nc2cc(C3CC3)cc(-c3ccc(N4CCS(=O)(=O)CC4)nc3)n2)c1. The highest BCUT2D eigenvalue weighted by Crippen LogP contribution is 2.42. The lowest BCUT2D eigenvalue weighted by Gasteiger charge is -2.27. The molecule has 1 saturated heterocycles. The van der Waals surface area contributed by atoms with Crippen LogP contribution in [-0.4, -0.2) is 48.0 Å². The molecule has 0 unspecified atom stereocenters. The van der Waals surface area contributed by atoms with E-state index in [-0.39, 0.29) is 11.5 Å². The summed E-state index contributed by atoms with van der Waals surface area (Å²) in [5.74, 6) is 2.90. The predicted molar refractivity (Wildman–Crippen MR) is 123 cm³/mol. The van der Waals surface area contributed by atoms with Crippen molar-refractivity contribution in [2.24, 2.45) is 0 Å². The minimum atomic E-state index is -2.93. The monoisotopic (exact) mass is 446 g/mol. The molecule has 162 valence electrons. The molecule has 9 heteroatoms. The molecule has 1 aliphatic heterocycles. The summed E-state index contributed by atoms with van der Waals surface area (Å²) in [6.07, 6.45) is 5.72. The second-order valence-corrected chi connectivity index (χ2v) is 10.5. The van der Waals surface area contributed by atoms with Crippen LogP contribution in [0.25, 0.3) is 11.3 Å². The normalized spacial score (nSPS) is 17.5. The number of hydrogen-bond acceptors (Lipinski definition) is 8. The van der Waals surface area contributed by atoms with Crippen molar-refractivity contribution >= 4 is 27.3 Å². The van der Waals surface area contributed by atoms with Crippen LogP contribution >= 0.6 is 0 Å². The van der Waals surface area contributed by atoms with Crippen LogP contribution in [0.5, 0.6) is 0 Å². The van der Waals surface area contributed by atoms with E-state index in [1.165, 1.54) is 18.4 Å². The number of nitriles is 1. The summed E-state index contributed by atoms with van der Waals surface area (Å²) < 4.78 is 23.4. The van der Waals surface area contributed by atoms with Gasteiger partial charge in [-0.2, -0.15) is 5.26 Å². The van der Waals surface area contributed by atoms with Gasteiger partial charge in [0.15, 0.2) is 9.84 Å². The van der Waals surface area contributed by atoms with Gasteiger partial charge in [-0.25, -0.2) is 23.4 Å². The van der Waals surface area contributed by atoms with E-state index in [9.17, 15) is 8.42 Å². The molecule has 0 radical (unpaired) electrons. The molecule has 0 atom stereocenters. The number of pyridine rings is 3. The van der Waals surface area contributed by atoms with Crippen LogP contribution in [0.2, 0.25) is 0 Å². The van der Waals surface area contributed by atoms with Gasteiger partial charge in [-0.3, -0.25) is 0 Å². The first kappa shape index (κ1) is 20.4. The summed E-state index contributed by atoms with van der Waals surface area (Å²) in [6, 6.07) is 13.5. The van der Waals surface area contributed by atoms with Gasteiger partial charge in [-0.05, 0) is 60.7 Å². The summed E-state index contributed by atoms with van der Waals surface area (Å²) in [5.41, 5.74) is 3.46. The maximum absolute atomic E-state index is 11.7. The fourth-order valence-corrected chi connectivity index (χ4v) is 4.98. The Morgan fingerprint density at radius 2 is 1.84 bits per heavy atom. The van der Waals surface area contributed by atoms with Crippen LogP contribution < -0.4 is 10.2 Å². The van der Waals surface area contributed by atoms with E-state index >= 15 is 0 Å². The van der Waals surface area contributed by atoms with Crippen LogP contribution in [0.15, 0.2) is 48.8 Å². The molecular formula is C23H22N6O2S. The third-order valence-electron chi connectivity index (χ3n) is 5.75. The fraction of sp³-hybridized carbons (Fsp3) is 0.304. The van der Waals surface area contributed by atoms with E-state index in [1.54, 1.807) is 24.5 Å². The average Bonchev–Trinajstić information content (AvgIpc) is 3.65. The maximum atomic E-state index is 11.7. The Morgan fingerprint density at radius 1 is 1.03 bits per heavy atom. The van der Waals surface area contributed by atoms with E-state index < -0.39 is 9.84 Å². The standard InChI is InChI=1S/C23H22N6O2S/c24-14-16-5-6-25-21(11-16)28-22-13-19(17-1-2-17)12-20(27-22)18-3-4-23(26-15-18)29-7-9-32(30,31)10-8-29/h3-6,11-13,15,17H,1-2,7-10H2,(H,25,27,28). The van der Waals surface area contributed by atoms with E-state index in [2.05, 4.69) is 27.4 Å². The molecule has 3 aromatic heterocycles. The lowest BCUT2D eigenvalue weighted by Crippen LogP contribution is -2.40. The molecule has 5 rings (SSSR count). The number of anilines is 3. The Balaban J connectivity index is 1.41. The zero-order chi connectivity index (χ0) is 22.1. The van der Waals surface area contributed by atoms with Crippen LogP contribution in [0, 0.1) is 11.3 Å². The van der Waals surface area contributed by atoms with Crippen molar-refractivity contribution in [3.8, 4) is 17.3 Å². The number of nitrogens with zero attached hydrogens (tertiary/aromatic N) is 5. The first-order valence-electron chi connectivity index (χ1n) is 10.6. The molecule has 0 aromatic carbocycles. The second-order valence-electron chi connectivity index (χ2n) is 8.16. The number of nitrogens with one attached hydrogen (secondary N) is 1. The van der Waals surface area contributed by atoms with E-state index in [0.717, 1.165) is 17.1 Å². The predicted octanol–water partition coefficient (Wildman–Crippen LogP) is 3.27. The zero-order valence-electron chi connectivity index (χ0n) is 17.4. The number of aromatic nitrogens is 3. The molecular weight excluding hydrogens is 424 g/mol. The molecule has 1 aliphatic carbocycles. The van der Waals surface area contributed by atoms with Crippen molar-refractivity contribution in [2.45, 2.75) is 18.8 Å². The molecule has 1 saturated carbocycles.